The smallest absolute Gasteiger partial charge is 0.101 e. The summed E-state index contributed by atoms with van der Waals surface area (Å²) in [6.45, 7) is 0. The van der Waals surface area contributed by atoms with Crippen LogP contribution in [0.4, 0.5) is 0 Å². The molecule has 0 bridgehead atoms. The Hall–Kier alpha value is -1.56. The Labute approximate surface area is 103 Å². The first-order valence-electron chi connectivity index (χ1n) is 4.53. The molecule has 0 N–H and O–H groups in total. The van der Waals surface area contributed by atoms with Gasteiger partial charge in [-0.3, -0.25) is 4.98 Å². The molecule has 1 heterocycles. The maximum Gasteiger partial charge on any atom is 0.101 e. The Morgan fingerprint density at radius 2 is 1.75 bits per heavy atom. The minimum Gasteiger partial charge on any atom is -0.255 e. The van der Waals surface area contributed by atoms with Gasteiger partial charge in [-0.05, 0) is 24.3 Å². The molecule has 0 aliphatic rings. The molecule has 0 unspecified atom stereocenters. The van der Waals surface area contributed by atoms with Crippen molar-refractivity contribution in [2.75, 3.05) is 0 Å². The molecule has 2 aromatic rings. The average Bonchev–Trinajstić information content (AvgIpc) is 2.29. The highest BCUT2D eigenvalue weighted by Gasteiger charge is 2.12. The van der Waals surface area contributed by atoms with Gasteiger partial charge in [-0.2, -0.15) is 5.26 Å². The molecule has 1 aromatic heterocycles. The van der Waals surface area contributed by atoms with Crippen molar-refractivity contribution in [3.63, 3.8) is 0 Å². The summed E-state index contributed by atoms with van der Waals surface area (Å²) < 4.78 is 0. The summed E-state index contributed by atoms with van der Waals surface area (Å²) >= 11 is 12.1. The lowest BCUT2D eigenvalue weighted by Gasteiger charge is -2.07. The van der Waals surface area contributed by atoms with Gasteiger partial charge in [0.1, 0.15) is 6.07 Å². The van der Waals surface area contributed by atoms with E-state index in [0.29, 0.717) is 26.9 Å². The summed E-state index contributed by atoms with van der Waals surface area (Å²) in [5.74, 6) is 0. The molecule has 2 rings (SSSR count). The van der Waals surface area contributed by atoms with E-state index in [2.05, 4.69) is 11.1 Å². The zero-order valence-corrected chi connectivity index (χ0v) is 9.63. The van der Waals surface area contributed by atoms with E-state index in [1.54, 1.807) is 36.5 Å². The molecule has 0 spiro atoms. The van der Waals surface area contributed by atoms with Gasteiger partial charge in [-0.25, -0.2) is 0 Å². The fraction of sp³-hybridized carbons (Fsp3) is 0. The quantitative estimate of drug-likeness (QED) is 0.767. The van der Waals surface area contributed by atoms with Crippen molar-refractivity contribution in [1.82, 2.24) is 4.98 Å². The minimum atomic E-state index is 0.456. The number of rotatable bonds is 1. The third-order valence-electron chi connectivity index (χ3n) is 2.13. The maximum absolute atomic E-state index is 8.99. The average molecular weight is 249 g/mol. The van der Waals surface area contributed by atoms with E-state index in [1.165, 1.54) is 0 Å². The van der Waals surface area contributed by atoms with Crippen LogP contribution in [0.1, 0.15) is 5.56 Å². The molecule has 0 atom stereocenters. The number of nitrogens with zero attached hydrogens (tertiary/aromatic N) is 2. The van der Waals surface area contributed by atoms with Crippen molar-refractivity contribution < 1.29 is 0 Å². The van der Waals surface area contributed by atoms with Crippen molar-refractivity contribution in [1.29, 1.82) is 5.26 Å². The van der Waals surface area contributed by atoms with Crippen LogP contribution in [0.25, 0.3) is 11.3 Å². The van der Waals surface area contributed by atoms with Crippen LogP contribution >= 0.6 is 23.2 Å². The zero-order chi connectivity index (χ0) is 11.5. The number of hydrogen-bond donors (Lipinski definition) is 0. The van der Waals surface area contributed by atoms with Crippen LogP contribution in [0.5, 0.6) is 0 Å². The molecule has 16 heavy (non-hydrogen) atoms. The molecule has 1 aromatic carbocycles. The van der Waals surface area contributed by atoms with Crippen molar-refractivity contribution in [2.45, 2.75) is 0 Å². The molecule has 0 fully saturated rings. The molecular weight excluding hydrogens is 243 g/mol. The highest BCUT2D eigenvalue weighted by molar-refractivity contribution is 6.39. The van der Waals surface area contributed by atoms with Crippen LogP contribution in [0.15, 0.2) is 36.5 Å². The topological polar surface area (TPSA) is 36.7 Å². The fourth-order valence-corrected chi connectivity index (χ4v) is 2.00. The number of aromatic nitrogens is 1. The van der Waals surface area contributed by atoms with Gasteiger partial charge in [0.05, 0.1) is 21.3 Å². The Balaban J connectivity index is 2.73. The molecule has 0 aliphatic carbocycles. The second-order valence-electron chi connectivity index (χ2n) is 3.11. The van der Waals surface area contributed by atoms with E-state index >= 15 is 0 Å². The largest absolute Gasteiger partial charge is 0.255 e. The van der Waals surface area contributed by atoms with E-state index in [-0.39, 0.29) is 0 Å². The molecule has 4 heteroatoms. The lowest BCUT2D eigenvalue weighted by Crippen LogP contribution is -1.90. The molecule has 78 valence electrons. The second kappa shape index (κ2) is 4.52. The maximum atomic E-state index is 8.99. The highest BCUT2D eigenvalue weighted by atomic mass is 35.5. The minimum absolute atomic E-state index is 0.456. The molecule has 0 radical (unpaired) electrons. The molecule has 0 saturated heterocycles. The van der Waals surface area contributed by atoms with Gasteiger partial charge in [0, 0.05) is 11.8 Å². The number of halogens is 2. The summed E-state index contributed by atoms with van der Waals surface area (Å²) in [7, 11) is 0. The van der Waals surface area contributed by atoms with Gasteiger partial charge in [0.15, 0.2) is 0 Å². The van der Waals surface area contributed by atoms with Crippen LogP contribution in [0.3, 0.4) is 0 Å². The summed E-state index contributed by atoms with van der Waals surface area (Å²) in [6, 6.07) is 10.6. The molecule has 0 aliphatic heterocycles. The number of pyridine rings is 1. The SMILES string of the molecule is N#Cc1cccnc1-c1c(Cl)cccc1Cl. The summed E-state index contributed by atoms with van der Waals surface area (Å²) in [5.41, 5.74) is 1.57. The van der Waals surface area contributed by atoms with Crippen molar-refractivity contribution >= 4 is 23.2 Å². The van der Waals surface area contributed by atoms with Gasteiger partial charge < -0.3 is 0 Å². The van der Waals surface area contributed by atoms with Gasteiger partial charge in [0.25, 0.3) is 0 Å². The monoisotopic (exact) mass is 248 g/mol. The normalized spacial score (nSPS) is 9.81. The van der Waals surface area contributed by atoms with Crippen LogP contribution in [0.2, 0.25) is 10.0 Å². The predicted molar refractivity (Wildman–Crippen MR) is 64.4 cm³/mol. The van der Waals surface area contributed by atoms with Gasteiger partial charge in [-0.1, -0.05) is 29.3 Å². The predicted octanol–water partition coefficient (Wildman–Crippen LogP) is 3.93. The van der Waals surface area contributed by atoms with Crippen LogP contribution < -0.4 is 0 Å². The van der Waals surface area contributed by atoms with Gasteiger partial charge in [-0.15, -0.1) is 0 Å². The zero-order valence-electron chi connectivity index (χ0n) is 8.11. The van der Waals surface area contributed by atoms with Crippen molar-refractivity contribution in [2.24, 2.45) is 0 Å². The second-order valence-corrected chi connectivity index (χ2v) is 3.92. The summed E-state index contributed by atoms with van der Waals surface area (Å²) in [4.78, 5) is 4.15. The summed E-state index contributed by atoms with van der Waals surface area (Å²) in [5, 5.41) is 9.96. The molecule has 2 nitrogen and oxygen atoms in total. The first-order valence-corrected chi connectivity index (χ1v) is 5.29. The first-order chi connectivity index (χ1) is 7.74. The molecule has 0 saturated carbocycles. The standard InChI is InChI=1S/C12H6Cl2N2/c13-9-4-1-5-10(14)11(9)12-8(7-15)3-2-6-16-12/h1-6H. The van der Waals surface area contributed by atoms with Gasteiger partial charge in [0.2, 0.25) is 0 Å². The highest BCUT2D eigenvalue weighted by Crippen LogP contribution is 2.34. The fourth-order valence-electron chi connectivity index (χ4n) is 1.42. The molecule has 0 amide bonds. The number of benzene rings is 1. The third kappa shape index (κ3) is 1.88. The first kappa shape index (κ1) is 10.9. The molecular formula is C12H6Cl2N2. The van der Waals surface area contributed by atoms with E-state index in [0.717, 1.165) is 0 Å². The van der Waals surface area contributed by atoms with E-state index < -0.39 is 0 Å². The van der Waals surface area contributed by atoms with Crippen molar-refractivity contribution in [3.05, 3.63) is 52.1 Å². The Bertz CT molecular complexity index is 553. The van der Waals surface area contributed by atoms with Crippen LogP contribution in [-0.2, 0) is 0 Å². The Morgan fingerprint density at radius 1 is 1.06 bits per heavy atom. The van der Waals surface area contributed by atoms with Gasteiger partial charge >= 0.3 is 0 Å². The Kier molecular flexibility index (Phi) is 3.09. The number of hydrogen-bond acceptors (Lipinski definition) is 2. The lowest BCUT2D eigenvalue weighted by molar-refractivity contribution is 1.30. The third-order valence-corrected chi connectivity index (χ3v) is 2.76. The van der Waals surface area contributed by atoms with E-state index in [9.17, 15) is 0 Å². The lowest BCUT2D eigenvalue weighted by atomic mass is 10.1. The van der Waals surface area contributed by atoms with E-state index in [1.807, 2.05) is 0 Å². The van der Waals surface area contributed by atoms with Crippen LogP contribution in [-0.4, -0.2) is 4.98 Å². The Morgan fingerprint density at radius 3 is 2.38 bits per heavy atom. The number of nitriles is 1. The van der Waals surface area contributed by atoms with Crippen molar-refractivity contribution in [3.8, 4) is 17.3 Å². The van der Waals surface area contributed by atoms with E-state index in [4.69, 9.17) is 28.5 Å². The van der Waals surface area contributed by atoms with Crippen LogP contribution in [0, 0.1) is 11.3 Å². The summed E-state index contributed by atoms with van der Waals surface area (Å²) in [6.07, 6.45) is 1.61.